The highest BCUT2D eigenvalue weighted by Crippen LogP contribution is 2.44. The van der Waals surface area contributed by atoms with Gasteiger partial charge in [0, 0.05) is 17.9 Å². The zero-order chi connectivity index (χ0) is 24.4. The van der Waals surface area contributed by atoms with E-state index in [0.717, 1.165) is 12.8 Å². The van der Waals surface area contributed by atoms with Gasteiger partial charge in [-0.1, -0.05) is 48.5 Å². The SMILES string of the molecule is O=C(NC1CCC(C(=O)NOC(C(=O)O)C2CC2)CC1)OCC1c2ccccc2-c2ccccc21. The van der Waals surface area contributed by atoms with Gasteiger partial charge >= 0.3 is 12.1 Å². The third-order valence-corrected chi connectivity index (χ3v) is 7.34. The number of alkyl carbamates (subject to hydrolysis) is 1. The van der Waals surface area contributed by atoms with Crippen LogP contribution in [0.5, 0.6) is 0 Å². The van der Waals surface area contributed by atoms with Crippen LogP contribution in [0.2, 0.25) is 0 Å². The highest BCUT2D eigenvalue weighted by atomic mass is 16.7. The maximum Gasteiger partial charge on any atom is 0.407 e. The molecule has 2 fully saturated rings. The highest BCUT2D eigenvalue weighted by Gasteiger charge is 2.39. The van der Waals surface area contributed by atoms with Gasteiger partial charge in [-0.05, 0) is 66.7 Å². The molecular weight excluding hydrogens is 448 g/mol. The maximum atomic E-state index is 12.5. The Kier molecular flexibility index (Phi) is 6.72. The molecule has 2 aromatic rings. The second-order valence-electron chi connectivity index (χ2n) is 9.70. The van der Waals surface area contributed by atoms with Crippen molar-refractivity contribution >= 4 is 18.0 Å². The van der Waals surface area contributed by atoms with E-state index in [0.29, 0.717) is 25.7 Å². The number of rotatable bonds is 8. The van der Waals surface area contributed by atoms with Crippen LogP contribution < -0.4 is 10.8 Å². The first-order valence-corrected chi connectivity index (χ1v) is 12.3. The summed E-state index contributed by atoms with van der Waals surface area (Å²) >= 11 is 0. The van der Waals surface area contributed by atoms with Gasteiger partial charge in [0.05, 0.1) is 0 Å². The molecule has 0 spiro atoms. The van der Waals surface area contributed by atoms with Crippen LogP contribution in [0.3, 0.4) is 0 Å². The number of carbonyl (C=O) groups excluding carboxylic acids is 2. The van der Waals surface area contributed by atoms with Crippen LogP contribution in [0.4, 0.5) is 4.79 Å². The average molecular weight is 479 g/mol. The van der Waals surface area contributed by atoms with Crippen molar-refractivity contribution in [3.05, 3.63) is 59.7 Å². The summed E-state index contributed by atoms with van der Waals surface area (Å²) in [6.07, 6.45) is 2.65. The monoisotopic (exact) mass is 478 g/mol. The van der Waals surface area contributed by atoms with Crippen molar-refractivity contribution < 1.29 is 29.1 Å². The summed E-state index contributed by atoms with van der Waals surface area (Å²) in [5, 5.41) is 12.1. The molecule has 1 atom stereocenters. The van der Waals surface area contributed by atoms with Gasteiger partial charge in [0.2, 0.25) is 5.91 Å². The molecule has 35 heavy (non-hydrogen) atoms. The lowest BCUT2D eigenvalue weighted by Crippen LogP contribution is -2.43. The molecule has 8 heteroatoms. The number of amides is 2. The Morgan fingerprint density at radius 3 is 2.06 bits per heavy atom. The third-order valence-electron chi connectivity index (χ3n) is 7.34. The molecule has 0 heterocycles. The number of benzene rings is 2. The molecule has 0 radical (unpaired) electrons. The summed E-state index contributed by atoms with van der Waals surface area (Å²) in [6, 6.07) is 16.4. The topological polar surface area (TPSA) is 114 Å². The molecule has 0 saturated heterocycles. The Morgan fingerprint density at radius 1 is 0.886 bits per heavy atom. The summed E-state index contributed by atoms with van der Waals surface area (Å²) in [7, 11) is 0. The van der Waals surface area contributed by atoms with Crippen LogP contribution in [0.1, 0.15) is 55.6 Å². The molecule has 184 valence electrons. The molecule has 8 nitrogen and oxygen atoms in total. The van der Waals surface area contributed by atoms with Crippen LogP contribution in [0.15, 0.2) is 48.5 Å². The minimum atomic E-state index is -1.05. The zero-order valence-corrected chi connectivity index (χ0v) is 19.4. The smallest absolute Gasteiger partial charge is 0.407 e. The predicted molar refractivity (Wildman–Crippen MR) is 127 cm³/mol. The number of fused-ring (bicyclic) bond motifs is 3. The summed E-state index contributed by atoms with van der Waals surface area (Å²) in [6.45, 7) is 0.265. The molecule has 3 aliphatic rings. The van der Waals surface area contributed by atoms with Gasteiger partial charge < -0.3 is 15.2 Å². The zero-order valence-electron chi connectivity index (χ0n) is 19.4. The second-order valence-corrected chi connectivity index (χ2v) is 9.70. The van der Waals surface area contributed by atoms with Crippen LogP contribution in [0.25, 0.3) is 11.1 Å². The Labute approximate surface area is 204 Å². The van der Waals surface area contributed by atoms with Crippen molar-refractivity contribution in [1.29, 1.82) is 0 Å². The molecule has 3 aliphatic carbocycles. The molecule has 1 unspecified atom stereocenters. The summed E-state index contributed by atoms with van der Waals surface area (Å²) in [5.41, 5.74) is 7.05. The Morgan fingerprint density at radius 2 is 1.49 bits per heavy atom. The molecule has 5 rings (SSSR count). The number of nitrogens with one attached hydrogen (secondary N) is 2. The Balaban J connectivity index is 1.07. The van der Waals surface area contributed by atoms with E-state index in [1.807, 2.05) is 24.3 Å². The van der Waals surface area contributed by atoms with Gasteiger partial charge in [-0.15, -0.1) is 0 Å². The minimum Gasteiger partial charge on any atom is -0.479 e. The summed E-state index contributed by atoms with van der Waals surface area (Å²) in [4.78, 5) is 41.4. The van der Waals surface area contributed by atoms with Crippen LogP contribution in [-0.4, -0.2) is 41.8 Å². The first kappa shape index (κ1) is 23.4. The molecule has 0 bridgehead atoms. The van der Waals surface area contributed by atoms with E-state index in [2.05, 4.69) is 35.1 Å². The van der Waals surface area contributed by atoms with Crippen molar-refractivity contribution in [1.82, 2.24) is 10.8 Å². The average Bonchev–Trinajstić information content (AvgIpc) is 3.65. The first-order valence-electron chi connectivity index (χ1n) is 12.3. The molecular formula is C27H30N2O6. The fraction of sp³-hybridized carbons (Fsp3) is 0.444. The largest absolute Gasteiger partial charge is 0.479 e. The minimum absolute atomic E-state index is 0.0119. The van der Waals surface area contributed by atoms with E-state index < -0.39 is 18.2 Å². The number of hydrogen-bond donors (Lipinski definition) is 3. The van der Waals surface area contributed by atoms with Crippen LogP contribution in [0, 0.1) is 11.8 Å². The van der Waals surface area contributed by atoms with E-state index in [9.17, 15) is 19.5 Å². The highest BCUT2D eigenvalue weighted by molar-refractivity contribution is 5.80. The fourth-order valence-corrected chi connectivity index (χ4v) is 5.26. The van der Waals surface area contributed by atoms with E-state index in [1.54, 1.807) is 0 Å². The Bertz CT molecular complexity index is 1060. The third kappa shape index (κ3) is 5.17. The molecule has 0 aromatic heterocycles. The lowest BCUT2D eigenvalue weighted by atomic mass is 9.85. The van der Waals surface area contributed by atoms with Crippen molar-refractivity contribution in [2.45, 2.75) is 56.6 Å². The first-order chi connectivity index (χ1) is 17.0. The van der Waals surface area contributed by atoms with Crippen molar-refractivity contribution in [3.63, 3.8) is 0 Å². The summed E-state index contributed by atoms with van der Waals surface area (Å²) < 4.78 is 5.63. The number of ether oxygens (including phenoxy) is 1. The van der Waals surface area contributed by atoms with Gasteiger partial charge in [-0.3, -0.25) is 9.63 Å². The fourth-order valence-electron chi connectivity index (χ4n) is 5.26. The van der Waals surface area contributed by atoms with Gasteiger partial charge in [-0.2, -0.15) is 0 Å². The van der Waals surface area contributed by atoms with Gasteiger partial charge in [-0.25, -0.2) is 15.1 Å². The molecule has 2 aromatic carbocycles. The van der Waals surface area contributed by atoms with E-state index in [4.69, 9.17) is 9.57 Å². The van der Waals surface area contributed by atoms with Crippen LogP contribution >= 0.6 is 0 Å². The normalized spacial score (nSPS) is 21.9. The van der Waals surface area contributed by atoms with E-state index >= 15 is 0 Å². The predicted octanol–water partition coefficient (Wildman–Crippen LogP) is 3.99. The number of carboxylic acid groups (broad SMARTS) is 1. The van der Waals surface area contributed by atoms with Gasteiger partial charge in [0.25, 0.3) is 0 Å². The molecule has 2 saturated carbocycles. The number of carbonyl (C=O) groups is 3. The summed E-state index contributed by atoms with van der Waals surface area (Å²) in [5.74, 6) is -1.62. The second kappa shape index (κ2) is 10.1. The van der Waals surface area contributed by atoms with Gasteiger partial charge in [0.1, 0.15) is 6.61 Å². The quantitative estimate of drug-likeness (QED) is 0.494. The maximum absolute atomic E-state index is 12.5. The van der Waals surface area contributed by atoms with Crippen molar-refractivity contribution in [2.75, 3.05) is 6.61 Å². The van der Waals surface area contributed by atoms with Crippen molar-refractivity contribution in [3.8, 4) is 11.1 Å². The van der Waals surface area contributed by atoms with E-state index in [-0.39, 0.29) is 36.3 Å². The molecule has 2 amide bonds. The number of aliphatic carboxylic acids is 1. The van der Waals surface area contributed by atoms with Crippen molar-refractivity contribution in [2.24, 2.45) is 11.8 Å². The Hall–Kier alpha value is -3.39. The van der Waals surface area contributed by atoms with E-state index in [1.165, 1.54) is 22.3 Å². The van der Waals surface area contributed by atoms with Crippen LogP contribution in [-0.2, 0) is 19.2 Å². The lowest BCUT2D eigenvalue weighted by molar-refractivity contribution is -0.164. The molecule has 0 aliphatic heterocycles. The number of hydrogen-bond acceptors (Lipinski definition) is 5. The number of carboxylic acids is 1. The molecule has 3 N–H and O–H groups in total. The number of hydroxylamine groups is 1. The lowest BCUT2D eigenvalue weighted by Gasteiger charge is -2.28. The standard InChI is InChI=1S/C27H30N2O6/c30-25(29-35-24(26(31)32)16-9-10-16)17-11-13-18(14-12-17)28-27(33)34-15-23-21-7-3-1-5-19(21)20-6-2-4-8-22(20)23/h1-8,16-18,23-24H,9-15H2,(H,28,33)(H,29,30)(H,31,32). The van der Waals surface area contributed by atoms with Gasteiger partial charge in [0.15, 0.2) is 6.10 Å².